The van der Waals surface area contributed by atoms with Gasteiger partial charge in [-0.05, 0) is 12.8 Å². The van der Waals surface area contributed by atoms with E-state index in [4.69, 9.17) is 19.0 Å². The molecule has 0 N–H and O–H groups in total. The van der Waals surface area contributed by atoms with Crippen molar-refractivity contribution in [3.8, 4) is 0 Å². The number of rotatable bonds is 32. The maximum atomic E-state index is 12.1. The summed E-state index contributed by atoms with van der Waals surface area (Å²) in [5.74, 6) is -1.06. The molecule has 0 radical (unpaired) electrons. The number of carbonyl (C=O) groups excluding carboxylic acids is 3. The topological polar surface area (TPSA) is 91.4 Å². The van der Waals surface area contributed by atoms with Crippen LogP contribution < -0.4 is 0 Å². The summed E-state index contributed by atoms with van der Waals surface area (Å²) in [6.07, 6.45) is 29.5. The van der Waals surface area contributed by atoms with Crippen molar-refractivity contribution in [3.63, 3.8) is 0 Å². The SMILES string of the molecule is CCCCCCCCCCCCCCOC[C@H](COC(=O)ON1C(=O)CCC1=O)OCCCCCCCCCCCCCC. The Morgan fingerprint density at radius 1 is 0.568 bits per heavy atom. The monoisotopic (exact) mass is 625 g/mol. The smallest absolute Gasteiger partial charge is 0.430 e. The highest BCUT2D eigenvalue weighted by Gasteiger charge is 2.33. The Bertz CT molecular complexity index is 686. The predicted molar refractivity (Wildman–Crippen MR) is 176 cm³/mol. The standard InChI is InChI=1S/C36H67NO7/c1-3-5-7-9-11-13-15-17-19-21-23-25-29-41-31-33(32-43-36(40)44-37-34(38)27-28-35(37)39)42-30-26-24-22-20-18-16-14-12-10-8-6-4-2/h33H,3-32H2,1-2H3/t33-/m1/s1. The van der Waals surface area contributed by atoms with Gasteiger partial charge in [0.25, 0.3) is 11.8 Å². The number of nitrogens with zero attached hydrogens (tertiary/aromatic N) is 1. The third-order valence-electron chi connectivity index (χ3n) is 8.36. The molecule has 1 atom stereocenters. The molecule has 1 fully saturated rings. The summed E-state index contributed by atoms with van der Waals surface area (Å²) in [5, 5.41) is 0.495. The van der Waals surface area contributed by atoms with Gasteiger partial charge in [0.15, 0.2) is 0 Å². The fraction of sp³-hybridized carbons (Fsp3) is 0.917. The van der Waals surface area contributed by atoms with Crippen molar-refractivity contribution in [1.82, 2.24) is 5.06 Å². The second-order valence-corrected chi connectivity index (χ2v) is 12.6. The van der Waals surface area contributed by atoms with Gasteiger partial charge in [0.1, 0.15) is 12.7 Å². The zero-order valence-corrected chi connectivity index (χ0v) is 28.6. The highest BCUT2D eigenvalue weighted by molar-refractivity contribution is 6.01. The van der Waals surface area contributed by atoms with E-state index in [-0.39, 0.29) is 19.4 Å². The Kier molecular flexibility index (Phi) is 27.5. The lowest BCUT2D eigenvalue weighted by Gasteiger charge is -2.19. The first kappa shape index (κ1) is 40.4. The van der Waals surface area contributed by atoms with Crippen molar-refractivity contribution in [1.29, 1.82) is 0 Å². The number of ether oxygens (including phenoxy) is 3. The summed E-state index contributed by atoms with van der Waals surface area (Å²) in [4.78, 5) is 40.3. The Hall–Kier alpha value is -1.67. The van der Waals surface area contributed by atoms with Crippen LogP contribution in [0.4, 0.5) is 4.79 Å². The first-order valence-electron chi connectivity index (χ1n) is 18.5. The molecule has 0 aromatic heterocycles. The number of hydrogen-bond acceptors (Lipinski definition) is 7. The van der Waals surface area contributed by atoms with Gasteiger partial charge in [-0.3, -0.25) is 14.4 Å². The Labute approximate surface area is 269 Å². The number of hydroxylamine groups is 2. The lowest BCUT2D eigenvalue weighted by Crippen LogP contribution is -2.34. The van der Waals surface area contributed by atoms with Crippen LogP contribution in [0.3, 0.4) is 0 Å². The fourth-order valence-electron chi connectivity index (χ4n) is 5.52. The van der Waals surface area contributed by atoms with E-state index < -0.39 is 24.1 Å². The minimum Gasteiger partial charge on any atom is -0.430 e. The molecular formula is C36H67NO7. The minimum atomic E-state index is -1.08. The summed E-state index contributed by atoms with van der Waals surface area (Å²) >= 11 is 0. The number of amides is 2. The van der Waals surface area contributed by atoms with E-state index >= 15 is 0 Å². The van der Waals surface area contributed by atoms with E-state index in [1.54, 1.807) is 0 Å². The molecule has 1 rings (SSSR count). The van der Waals surface area contributed by atoms with Gasteiger partial charge in [0.05, 0.1) is 6.61 Å². The maximum Gasteiger partial charge on any atom is 0.534 e. The van der Waals surface area contributed by atoms with Gasteiger partial charge in [-0.25, -0.2) is 4.79 Å². The van der Waals surface area contributed by atoms with Crippen molar-refractivity contribution < 1.29 is 33.4 Å². The van der Waals surface area contributed by atoms with Gasteiger partial charge in [-0.1, -0.05) is 160 Å². The van der Waals surface area contributed by atoms with E-state index in [0.717, 1.165) is 25.7 Å². The van der Waals surface area contributed by atoms with Gasteiger partial charge >= 0.3 is 6.16 Å². The Balaban J connectivity index is 2.17. The highest BCUT2D eigenvalue weighted by atomic mass is 16.8. The van der Waals surface area contributed by atoms with Gasteiger partial charge in [0.2, 0.25) is 0 Å². The summed E-state index contributed by atoms with van der Waals surface area (Å²) in [5.41, 5.74) is 0. The molecule has 0 aromatic carbocycles. The number of imide groups is 1. The van der Waals surface area contributed by atoms with Crippen LogP contribution in [0.25, 0.3) is 0 Å². The molecule has 258 valence electrons. The third-order valence-corrected chi connectivity index (χ3v) is 8.36. The molecule has 0 spiro atoms. The lowest BCUT2D eigenvalue weighted by atomic mass is 10.1. The van der Waals surface area contributed by atoms with Crippen LogP contribution in [-0.2, 0) is 28.6 Å². The molecule has 0 aliphatic carbocycles. The Morgan fingerprint density at radius 3 is 1.39 bits per heavy atom. The second kappa shape index (κ2) is 30.0. The molecule has 2 amide bonds. The van der Waals surface area contributed by atoms with Crippen molar-refractivity contribution in [2.24, 2.45) is 0 Å². The normalized spacial score (nSPS) is 14.0. The van der Waals surface area contributed by atoms with Gasteiger partial charge < -0.3 is 14.2 Å². The van der Waals surface area contributed by atoms with Gasteiger partial charge in [-0.2, -0.15) is 0 Å². The average molecular weight is 626 g/mol. The molecule has 1 heterocycles. The lowest BCUT2D eigenvalue weighted by molar-refractivity contribution is -0.178. The Morgan fingerprint density at radius 2 is 0.955 bits per heavy atom. The number of carbonyl (C=O) groups is 3. The zero-order chi connectivity index (χ0) is 31.9. The van der Waals surface area contributed by atoms with Crippen LogP contribution in [-0.4, -0.2) is 55.6 Å². The van der Waals surface area contributed by atoms with Gasteiger partial charge in [-0.15, -0.1) is 0 Å². The maximum absolute atomic E-state index is 12.1. The fourth-order valence-corrected chi connectivity index (χ4v) is 5.52. The van der Waals surface area contributed by atoms with Crippen LogP contribution in [0.2, 0.25) is 0 Å². The van der Waals surface area contributed by atoms with Crippen molar-refractivity contribution in [2.45, 2.75) is 187 Å². The molecule has 0 aromatic rings. The molecular weight excluding hydrogens is 558 g/mol. The molecule has 1 aliphatic rings. The first-order valence-corrected chi connectivity index (χ1v) is 18.5. The first-order chi connectivity index (χ1) is 21.6. The molecule has 0 saturated carbocycles. The zero-order valence-electron chi connectivity index (χ0n) is 28.6. The molecule has 1 saturated heterocycles. The van der Waals surface area contributed by atoms with Crippen molar-refractivity contribution in [2.75, 3.05) is 26.4 Å². The van der Waals surface area contributed by atoms with Crippen LogP contribution in [0, 0.1) is 0 Å². The van der Waals surface area contributed by atoms with E-state index in [2.05, 4.69) is 13.8 Å². The van der Waals surface area contributed by atoms with E-state index in [1.165, 1.54) is 128 Å². The number of unbranched alkanes of at least 4 members (excludes halogenated alkanes) is 22. The number of hydrogen-bond donors (Lipinski definition) is 0. The molecule has 44 heavy (non-hydrogen) atoms. The van der Waals surface area contributed by atoms with Crippen LogP contribution in [0.15, 0.2) is 0 Å². The summed E-state index contributed by atoms with van der Waals surface area (Å²) in [6, 6.07) is 0. The van der Waals surface area contributed by atoms with Crippen LogP contribution in [0.5, 0.6) is 0 Å². The van der Waals surface area contributed by atoms with Crippen LogP contribution >= 0.6 is 0 Å². The van der Waals surface area contributed by atoms with E-state index in [0.29, 0.717) is 24.9 Å². The summed E-state index contributed by atoms with van der Waals surface area (Å²) < 4.78 is 17.1. The van der Waals surface area contributed by atoms with E-state index in [9.17, 15) is 14.4 Å². The van der Waals surface area contributed by atoms with E-state index in [1.807, 2.05) is 0 Å². The molecule has 0 bridgehead atoms. The van der Waals surface area contributed by atoms with Crippen LogP contribution in [0.1, 0.15) is 181 Å². The quantitative estimate of drug-likeness (QED) is 0.0417. The highest BCUT2D eigenvalue weighted by Crippen LogP contribution is 2.15. The molecule has 1 aliphatic heterocycles. The van der Waals surface area contributed by atoms with Gasteiger partial charge in [0, 0.05) is 26.1 Å². The largest absolute Gasteiger partial charge is 0.534 e. The van der Waals surface area contributed by atoms with Crippen molar-refractivity contribution in [3.05, 3.63) is 0 Å². The second-order valence-electron chi connectivity index (χ2n) is 12.6. The summed E-state index contributed by atoms with van der Waals surface area (Å²) in [7, 11) is 0. The molecule has 0 unspecified atom stereocenters. The minimum absolute atomic E-state index is 0.0455. The third kappa shape index (κ3) is 23.7. The van der Waals surface area contributed by atoms with Crippen molar-refractivity contribution >= 4 is 18.0 Å². The predicted octanol–water partition coefficient (Wildman–Crippen LogP) is 10.0. The summed E-state index contributed by atoms with van der Waals surface area (Å²) in [6.45, 7) is 6.02. The molecule has 8 heteroatoms. The average Bonchev–Trinajstić information content (AvgIpc) is 3.33. The molecule has 8 nitrogen and oxygen atoms in total.